The summed E-state index contributed by atoms with van der Waals surface area (Å²) in [5.41, 5.74) is 2.27. The molecule has 3 aliphatic rings. The highest BCUT2D eigenvalue weighted by Crippen LogP contribution is 2.57. The van der Waals surface area contributed by atoms with Crippen molar-refractivity contribution in [3.05, 3.63) is 82.4 Å². The number of amides is 1. The van der Waals surface area contributed by atoms with Crippen LogP contribution in [0.4, 0.5) is 13.2 Å². The predicted molar refractivity (Wildman–Crippen MR) is 103 cm³/mol. The van der Waals surface area contributed by atoms with Crippen molar-refractivity contribution in [2.75, 3.05) is 0 Å². The molecule has 0 unspecified atom stereocenters. The molecule has 0 spiro atoms. The van der Waals surface area contributed by atoms with Crippen LogP contribution in [0.1, 0.15) is 52.5 Å². The molecule has 7 heteroatoms. The molecule has 2 aromatic carbocycles. The monoisotopic (exact) mass is 409 g/mol. The van der Waals surface area contributed by atoms with Gasteiger partial charge in [-0.15, -0.1) is 0 Å². The largest absolute Gasteiger partial charge is 0.341 e. The normalized spacial score (nSPS) is 22.4. The topological polar surface area (TPSA) is 46.9 Å². The van der Waals surface area contributed by atoms with E-state index in [1.807, 2.05) is 6.07 Å². The summed E-state index contributed by atoms with van der Waals surface area (Å²) < 4.78 is 43.0. The third kappa shape index (κ3) is 2.61. The number of halogens is 3. The Morgan fingerprint density at radius 3 is 2.63 bits per heavy atom. The highest BCUT2D eigenvalue weighted by molar-refractivity contribution is 5.95. The first-order valence-electron chi connectivity index (χ1n) is 10.1. The Bertz CT molecular complexity index is 1210. The van der Waals surface area contributed by atoms with Gasteiger partial charge in [0.05, 0.1) is 11.2 Å². The summed E-state index contributed by atoms with van der Waals surface area (Å²) >= 11 is 0. The lowest BCUT2D eigenvalue weighted by Crippen LogP contribution is -2.35. The minimum Gasteiger partial charge on any atom is -0.341 e. The highest BCUT2D eigenvalue weighted by atomic mass is 19.1. The van der Waals surface area contributed by atoms with Gasteiger partial charge in [0.15, 0.2) is 11.5 Å². The molecular weight excluding hydrogens is 391 g/mol. The second-order valence-electron chi connectivity index (χ2n) is 8.57. The van der Waals surface area contributed by atoms with Crippen molar-refractivity contribution in [2.45, 2.75) is 37.1 Å². The minimum atomic E-state index is -0.713. The molecule has 0 bridgehead atoms. The molecule has 1 aromatic heterocycles. The Kier molecular flexibility index (Phi) is 3.53. The van der Waals surface area contributed by atoms with E-state index in [0.29, 0.717) is 5.92 Å². The van der Waals surface area contributed by atoms with Crippen LogP contribution in [0, 0.1) is 23.4 Å². The van der Waals surface area contributed by atoms with Gasteiger partial charge in [0, 0.05) is 17.5 Å². The van der Waals surface area contributed by atoms with Gasteiger partial charge in [-0.25, -0.2) is 17.9 Å². The van der Waals surface area contributed by atoms with Crippen molar-refractivity contribution in [3.63, 3.8) is 0 Å². The summed E-state index contributed by atoms with van der Waals surface area (Å²) in [5, 5.41) is 7.50. The van der Waals surface area contributed by atoms with Crippen LogP contribution in [0.5, 0.6) is 0 Å². The number of fused-ring (bicyclic) bond motifs is 3. The predicted octanol–water partition coefficient (Wildman–Crippen LogP) is 4.37. The van der Waals surface area contributed by atoms with Crippen LogP contribution in [-0.2, 0) is 12.0 Å². The van der Waals surface area contributed by atoms with Crippen molar-refractivity contribution >= 4 is 5.91 Å². The lowest BCUT2D eigenvalue weighted by atomic mass is 10.0. The van der Waals surface area contributed by atoms with E-state index in [-0.39, 0.29) is 29.0 Å². The summed E-state index contributed by atoms with van der Waals surface area (Å²) in [7, 11) is 0. The van der Waals surface area contributed by atoms with E-state index < -0.39 is 17.2 Å². The molecule has 2 saturated carbocycles. The van der Waals surface area contributed by atoms with Crippen LogP contribution in [0.15, 0.2) is 42.5 Å². The number of hydrogen-bond acceptors (Lipinski definition) is 2. The molecule has 152 valence electrons. The van der Waals surface area contributed by atoms with E-state index in [1.165, 1.54) is 28.9 Å². The van der Waals surface area contributed by atoms with Crippen LogP contribution in [0.3, 0.4) is 0 Å². The standard InChI is InChI=1S/C23H18F3N3O/c24-14-3-1-2-13(10-14)23(6-7-23)27-22(30)20-17-9-12-8-16(12)21(17)29(28-20)19-5-4-15(25)11-18(19)26/h1-5,10-12,16H,6-9H2,(H,27,30)/t12-,16-/m1/s1. The zero-order chi connectivity index (χ0) is 20.6. The Hall–Kier alpha value is -3.09. The van der Waals surface area contributed by atoms with Crippen molar-refractivity contribution in [2.24, 2.45) is 5.92 Å². The summed E-state index contributed by atoms with van der Waals surface area (Å²) in [4.78, 5) is 13.2. The van der Waals surface area contributed by atoms with E-state index in [0.717, 1.165) is 48.6 Å². The molecule has 0 saturated heterocycles. The number of nitrogens with one attached hydrogen (secondary N) is 1. The van der Waals surface area contributed by atoms with Gasteiger partial charge in [-0.05, 0) is 61.4 Å². The van der Waals surface area contributed by atoms with Gasteiger partial charge < -0.3 is 5.32 Å². The molecule has 1 N–H and O–H groups in total. The Balaban J connectivity index is 1.38. The van der Waals surface area contributed by atoms with Gasteiger partial charge in [-0.3, -0.25) is 4.79 Å². The number of benzene rings is 2. The summed E-state index contributed by atoms with van der Waals surface area (Å²) in [5.74, 6) is -1.34. The number of aromatic nitrogens is 2. The zero-order valence-corrected chi connectivity index (χ0v) is 16.0. The van der Waals surface area contributed by atoms with E-state index in [2.05, 4.69) is 10.4 Å². The fourth-order valence-corrected chi connectivity index (χ4v) is 4.81. The van der Waals surface area contributed by atoms with Crippen molar-refractivity contribution in [1.82, 2.24) is 15.1 Å². The third-order valence-corrected chi connectivity index (χ3v) is 6.60. The maximum Gasteiger partial charge on any atom is 0.272 e. The summed E-state index contributed by atoms with van der Waals surface area (Å²) in [6.07, 6.45) is 3.18. The second kappa shape index (κ2) is 5.97. The maximum atomic E-state index is 14.5. The van der Waals surface area contributed by atoms with Crippen LogP contribution in [0.25, 0.3) is 5.69 Å². The van der Waals surface area contributed by atoms with E-state index in [1.54, 1.807) is 6.07 Å². The van der Waals surface area contributed by atoms with Crippen LogP contribution in [-0.4, -0.2) is 15.7 Å². The average molecular weight is 409 g/mol. The van der Waals surface area contributed by atoms with Gasteiger partial charge in [0.25, 0.3) is 5.91 Å². The molecular formula is C23H18F3N3O. The van der Waals surface area contributed by atoms with Gasteiger partial charge in [-0.2, -0.15) is 5.10 Å². The summed E-state index contributed by atoms with van der Waals surface area (Å²) in [6, 6.07) is 9.63. The van der Waals surface area contributed by atoms with Gasteiger partial charge in [0.2, 0.25) is 0 Å². The average Bonchev–Trinajstić information content (AvgIpc) is 3.59. The molecule has 30 heavy (non-hydrogen) atoms. The SMILES string of the molecule is O=C(NC1(c2cccc(F)c2)CC1)c1nn(-c2ccc(F)cc2F)c2c1C[C@H]1C[C@@H]21. The third-order valence-electron chi connectivity index (χ3n) is 6.60. The molecule has 2 atom stereocenters. The number of carbonyl (C=O) groups is 1. The Labute approximate surface area is 170 Å². The quantitative estimate of drug-likeness (QED) is 0.696. The van der Waals surface area contributed by atoms with Crippen molar-refractivity contribution in [1.29, 1.82) is 0 Å². The first-order valence-corrected chi connectivity index (χ1v) is 10.1. The van der Waals surface area contributed by atoms with Crippen LogP contribution < -0.4 is 5.32 Å². The number of nitrogens with zero attached hydrogens (tertiary/aromatic N) is 2. The van der Waals surface area contributed by atoms with Gasteiger partial charge >= 0.3 is 0 Å². The molecule has 2 fully saturated rings. The molecule has 1 amide bonds. The first-order chi connectivity index (χ1) is 14.4. The van der Waals surface area contributed by atoms with Crippen molar-refractivity contribution < 1.29 is 18.0 Å². The lowest BCUT2D eigenvalue weighted by molar-refractivity contribution is 0.0924. The fraction of sp³-hybridized carbons (Fsp3) is 0.304. The minimum absolute atomic E-state index is 0.144. The molecule has 1 heterocycles. The van der Waals surface area contributed by atoms with Crippen molar-refractivity contribution in [3.8, 4) is 5.69 Å². The highest BCUT2D eigenvalue weighted by Gasteiger charge is 2.52. The van der Waals surface area contributed by atoms with E-state index in [9.17, 15) is 18.0 Å². The van der Waals surface area contributed by atoms with Crippen LogP contribution in [0.2, 0.25) is 0 Å². The Morgan fingerprint density at radius 1 is 1.10 bits per heavy atom. The molecule has 0 radical (unpaired) electrons. The zero-order valence-electron chi connectivity index (χ0n) is 16.0. The number of carbonyl (C=O) groups excluding carboxylic acids is 1. The second-order valence-corrected chi connectivity index (χ2v) is 8.57. The summed E-state index contributed by atoms with van der Waals surface area (Å²) in [6.45, 7) is 0. The van der Waals surface area contributed by atoms with E-state index >= 15 is 0 Å². The molecule has 4 nitrogen and oxygen atoms in total. The number of hydrogen-bond donors (Lipinski definition) is 1. The van der Waals surface area contributed by atoms with E-state index in [4.69, 9.17) is 0 Å². The smallest absolute Gasteiger partial charge is 0.272 e. The van der Waals surface area contributed by atoms with Crippen LogP contribution >= 0.6 is 0 Å². The first kappa shape index (κ1) is 17.7. The Morgan fingerprint density at radius 2 is 1.90 bits per heavy atom. The molecule has 3 aromatic rings. The van der Waals surface area contributed by atoms with Gasteiger partial charge in [-0.1, -0.05) is 12.1 Å². The molecule has 6 rings (SSSR count). The molecule has 3 aliphatic carbocycles. The van der Waals surface area contributed by atoms with Gasteiger partial charge in [0.1, 0.15) is 17.3 Å². The number of rotatable bonds is 4. The molecule has 0 aliphatic heterocycles. The fourth-order valence-electron chi connectivity index (χ4n) is 4.81. The lowest BCUT2D eigenvalue weighted by Gasteiger charge is -2.17. The maximum absolute atomic E-state index is 14.5.